The van der Waals surface area contributed by atoms with E-state index in [-0.39, 0.29) is 11.9 Å². The fraction of sp³-hybridized carbons (Fsp3) is 0.385. The Kier molecular flexibility index (Phi) is 4.25. The fourth-order valence-electron chi connectivity index (χ4n) is 2.26. The number of nitrogens with zero attached hydrogens (tertiary/aromatic N) is 2. The summed E-state index contributed by atoms with van der Waals surface area (Å²) in [7, 11) is 1.61. The minimum Gasteiger partial charge on any atom is -0.357 e. The molecule has 2 rings (SSSR count). The molecule has 0 aromatic heterocycles. The van der Waals surface area contributed by atoms with E-state index in [4.69, 9.17) is 11.6 Å². The van der Waals surface area contributed by atoms with Crippen LogP contribution in [-0.4, -0.2) is 38.6 Å². The van der Waals surface area contributed by atoms with Crippen molar-refractivity contribution in [2.24, 2.45) is 0 Å². The molecule has 1 aliphatic heterocycles. The molecule has 0 saturated carbocycles. The van der Waals surface area contributed by atoms with Gasteiger partial charge >= 0.3 is 0 Å². The molecule has 1 unspecified atom stereocenters. The Morgan fingerprint density at radius 3 is 3.11 bits per heavy atom. The van der Waals surface area contributed by atoms with E-state index in [1.54, 1.807) is 19.2 Å². The van der Waals surface area contributed by atoms with Crippen molar-refractivity contribution in [1.29, 1.82) is 5.26 Å². The molecule has 5 nitrogen and oxygen atoms in total. The van der Waals surface area contributed by atoms with Crippen LogP contribution in [0.1, 0.15) is 5.56 Å². The zero-order valence-corrected chi connectivity index (χ0v) is 11.4. The molecule has 100 valence electrons. The summed E-state index contributed by atoms with van der Waals surface area (Å²) in [6.07, 6.45) is 0. The molecule has 2 N–H and O–H groups in total. The number of anilines is 1. The predicted molar refractivity (Wildman–Crippen MR) is 74.2 cm³/mol. The SMILES string of the molecule is CNC(=O)C1CNCCN1c1cccc(Cl)c1C#N. The Labute approximate surface area is 117 Å². The predicted octanol–water partition coefficient (Wildman–Crippen LogP) is 0.736. The van der Waals surface area contributed by atoms with Gasteiger partial charge in [-0.1, -0.05) is 17.7 Å². The van der Waals surface area contributed by atoms with Crippen molar-refractivity contribution in [2.75, 3.05) is 31.6 Å². The quantitative estimate of drug-likeness (QED) is 0.837. The number of piperazine rings is 1. The van der Waals surface area contributed by atoms with Gasteiger partial charge in [0.25, 0.3) is 0 Å². The summed E-state index contributed by atoms with van der Waals surface area (Å²) in [5.41, 5.74) is 1.13. The second-order valence-corrected chi connectivity index (χ2v) is 4.68. The Morgan fingerprint density at radius 2 is 2.42 bits per heavy atom. The summed E-state index contributed by atoms with van der Waals surface area (Å²) >= 11 is 6.04. The number of nitrogens with one attached hydrogen (secondary N) is 2. The molecule has 1 heterocycles. The van der Waals surface area contributed by atoms with Crippen molar-refractivity contribution < 1.29 is 4.79 Å². The Bertz CT molecular complexity index is 526. The van der Waals surface area contributed by atoms with E-state index in [1.165, 1.54) is 0 Å². The highest BCUT2D eigenvalue weighted by Crippen LogP contribution is 2.28. The molecule has 0 aliphatic carbocycles. The maximum atomic E-state index is 11.9. The van der Waals surface area contributed by atoms with Gasteiger partial charge < -0.3 is 15.5 Å². The van der Waals surface area contributed by atoms with Crippen LogP contribution >= 0.6 is 11.6 Å². The van der Waals surface area contributed by atoms with Gasteiger partial charge in [-0.2, -0.15) is 5.26 Å². The van der Waals surface area contributed by atoms with Gasteiger partial charge in [-0.3, -0.25) is 4.79 Å². The Morgan fingerprint density at radius 1 is 1.63 bits per heavy atom. The number of amides is 1. The lowest BCUT2D eigenvalue weighted by molar-refractivity contribution is -0.122. The maximum absolute atomic E-state index is 11.9. The number of rotatable bonds is 2. The zero-order valence-electron chi connectivity index (χ0n) is 10.6. The van der Waals surface area contributed by atoms with Crippen molar-refractivity contribution in [2.45, 2.75) is 6.04 Å². The van der Waals surface area contributed by atoms with Gasteiger partial charge in [0.2, 0.25) is 5.91 Å². The first-order chi connectivity index (χ1) is 9.19. The van der Waals surface area contributed by atoms with Crippen LogP contribution in [-0.2, 0) is 4.79 Å². The van der Waals surface area contributed by atoms with Gasteiger partial charge in [-0.15, -0.1) is 0 Å². The molecule has 6 heteroatoms. The number of hydrogen-bond acceptors (Lipinski definition) is 4. The molecule has 0 radical (unpaired) electrons. The van der Waals surface area contributed by atoms with Gasteiger partial charge in [0.15, 0.2) is 0 Å². The van der Waals surface area contributed by atoms with E-state index in [9.17, 15) is 10.1 Å². The molecular formula is C13H15ClN4O. The lowest BCUT2D eigenvalue weighted by atomic mass is 10.1. The highest BCUT2D eigenvalue weighted by Gasteiger charge is 2.29. The second-order valence-electron chi connectivity index (χ2n) is 4.27. The van der Waals surface area contributed by atoms with Gasteiger partial charge in [-0.25, -0.2) is 0 Å². The molecule has 1 saturated heterocycles. The van der Waals surface area contributed by atoms with Gasteiger partial charge in [-0.05, 0) is 12.1 Å². The van der Waals surface area contributed by atoms with Crippen molar-refractivity contribution in [1.82, 2.24) is 10.6 Å². The third kappa shape index (κ3) is 2.65. The summed E-state index contributed by atoms with van der Waals surface area (Å²) in [6.45, 7) is 1.98. The van der Waals surface area contributed by atoms with Crippen LogP contribution in [0.25, 0.3) is 0 Å². The second kappa shape index (κ2) is 5.91. The number of carbonyl (C=O) groups excluding carboxylic acids is 1. The Balaban J connectivity index is 2.41. The molecule has 0 spiro atoms. The summed E-state index contributed by atoms with van der Waals surface area (Å²) in [5.74, 6) is -0.0731. The molecule has 1 atom stereocenters. The standard InChI is InChI=1S/C13H15ClN4O/c1-16-13(19)12-8-17-5-6-18(12)11-4-2-3-10(14)9(11)7-15/h2-4,12,17H,5-6,8H2,1H3,(H,16,19). The fourth-order valence-corrected chi connectivity index (χ4v) is 2.47. The maximum Gasteiger partial charge on any atom is 0.243 e. The van der Waals surface area contributed by atoms with Crippen LogP contribution in [0.3, 0.4) is 0 Å². The van der Waals surface area contributed by atoms with Crippen molar-refractivity contribution in [3.05, 3.63) is 28.8 Å². The van der Waals surface area contributed by atoms with E-state index in [1.807, 2.05) is 11.0 Å². The van der Waals surface area contributed by atoms with E-state index in [0.717, 1.165) is 6.54 Å². The smallest absolute Gasteiger partial charge is 0.243 e. The topological polar surface area (TPSA) is 68.2 Å². The summed E-state index contributed by atoms with van der Waals surface area (Å²) in [4.78, 5) is 13.9. The summed E-state index contributed by atoms with van der Waals surface area (Å²) in [5, 5.41) is 15.5. The molecular weight excluding hydrogens is 264 g/mol. The molecule has 1 aliphatic rings. The first-order valence-corrected chi connectivity index (χ1v) is 6.44. The van der Waals surface area contributed by atoms with Crippen LogP contribution in [0.2, 0.25) is 5.02 Å². The monoisotopic (exact) mass is 278 g/mol. The number of halogens is 1. The average Bonchev–Trinajstić information content (AvgIpc) is 2.46. The number of likely N-dealkylation sites (N-methyl/N-ethyl adjacent to an activating group) is 1. The van der Waals surface area contributed by atoms with Crippen LogP contribution in [0.5, 0.6) is 0 Å². The van der Waals surface area contributed by atoms with Crippen molar-refractivity contribution in [3.63, 3.8) is 0 Å². The summed E-state index contributed by atoms with van der Waals surface area (Å²) < 4.78 is 0. The number of hydrogen-bond donors (Lipinski definition) is 2. The van der Waals surface area contributed by atoms with E-state index >= 15 is 0 Å². The first kappa shape index (κ1) is 13.7. The van der Waals surface area contributed by atoms with Gasteiger partial charge in [0.1, 0.15) is 12.1 Å². The molecule has 1 fully saturated rings. The van der Waals surface area contributed by atoms with Crippen molar-refractivity contribution >= 4 is 23.2 Å². The average molecular weight is 279 g/mol. The number of carbonyl (C=O) groups is 1. The first-order valence-electron chi connectivity index (χ1n) is 6.06. The molecule has 1 aromatic rings. The largest absolute Gasteiger partial charge is 0.357 e. The molecule has 1 amide bonds. The summed E-state index contributed by atoms with van der Waals surface area (Å²) in [6, 6.07) is 7.08. The van der Waals surface area contributed by atoms with Crippen LogP contribution in [0.4, 0.5) is 5.69 Å². The number of nitriles is 1. The van der Waals surface area contributed by atoms with E-state index < -0.39 is 0 Å². The number of benzene rings is 1. The van der Waals surface area contributed by atoms with E-state index in [2.05, 4.69) is 16.7 Å². The van der Waals surface area contributed by atoms with Gasteiger partial charge in [0, 0.05) is 26.7 Å². The molecule has 1 aromatic carbocycles. The highest BCUT2D eigenvalue weighted by molar-refractivity contribution is 6.32. The van der Waals surface area contributed by atoms with Gasteiger partial charge in [0.05, 0.1) is 16.3 Å². The lowest BCUT2D eigenvalue weighted by Crippen LogP contribution is -2.57. The zero-order chi connectivity index (χ0) is 13.8. The van der Waals surface area contributed by atoms with Crippen molar-refractivity contribution in [3.8, 4) is 6.07 Å². The van der Waals surface area contributed by atoms with Crippen LogP contribution in [0.15, 0.2) is 18.2 Å². The van der Waals surface area contributed by atoms with E-state index in [0.29, 0.717) is 29.4 Å². The van der Waals surface area contributed by atoms with Crippen LogP contribution in [0, 0.1) is 11.3 Å². The molecule has 19 heavy (non-hydrogen) atoms. The highest BCUT2D eigenvalue weighted by atomic mass is 35.5. The minimum absolute atomic E-state index is 0.0731. The Hall–Kier alpha value is -1.77. The normalized spacial score (nSPS) is 18.8. The minimum atomic E-state index is -0.329. The van der Waals surface area contributed by atoms with Crippen LogP contribution < -0.4 is 15.5 Å². The third-order valence-corrected chi connectivity index (χ3v) is 3.52. The lowest BCUT2D eigenvalue weighted by Gasteiger charge is -2.37. The molecule has 0 bridgehead atoms. The third-order valence-electron chi connectivity index (χ3n) is 3.21.